The van der Waals surface area contributed by atoms with Crippen LogP contribution in [0.1, 0.15) is 82.7 Å². The molecule has 3 N–H and O–H groups in total. The molecule has 210 valence electrons. The first-order valence-corrected chi connectivity index (χ1v) is 13.4. The second-order valence-electron chi connectivity index (χ2n) is 9.50. The summed E-state index contributed by atoms with van der Waals surface area (Å²) < 4.78 is 23.4. The summed E-state index contributed by atoms with van der Waals surface area (Å²) in [7, 11) is 0. The highest BCUT2D eigenvalue weighted by molar-refractivity contribution is 5.90. The number of carboxylic acids is 1. The number of amides is 1. The number of likely N-dealkylation sites (tertiary alicyclic amines) is 1. The first-order chi connectivity index (χ1) is 18.3. The molecule has 1 fully saturated rings. The summed E-state index contributed by atoms with van der Waals surface area (Å²) in [4.78, 5) is 34.2. The van der Waals surface area contributed by atoms with Crippen LogP contribution in [-0.2, 0) is 19.1 Å². The number of piperidine rings is 1. The number of halogens is 1. The lowest BCUT2D eigenvalue weighted by molar-refractivity contribution is -0.139. The number of rotatable bonds is 14. The van der Waals surface area contributed by atoms with E-state index in [2.05, 4.69) is 17.0 Å². The van der Waals surface area contributed by atoms with Gasteiger partial charge in [-0.05, 0) is 44.5 Å². The molecule has 0 spiro atoms. The first kappa shape index (κ1) is 31.0. The van der Waals surface area contributed by atoms with Gasteiger partial charge in [0.25, 0.3) is 0 Å². The summed E-state index contributed by atoms with van der Waals surface area (Å²) in [6.45, 7) is 4.66. The molecule has 0 bridgehead atoms. The highest BCUT2D eigenvalue weighted by Crippen LogP contribution is 2.32. The highest BCUT2D eigenvalue weighted by Gasteiger charge is 2.25. The Hall–Kier alpha value is -3.27. The zero-order chi connectivity index (χ0) is 27.8. The summed E-state index contributed by atoms with van der Waals surface area (Å²) in [5, 5.41) is 13.4. The molecular weight excluding hydrogens is 493 g/mol. The number of nitrogens with two attached hydrogens (primary N) is 1. The molecule has 0 atom stereocenters. The van der Waals surface area contributed by atoms with Gasteiger partial charge in [0.05, 0.1) is 5.69 Å². The van der Waals surface area contributed by atoms with E-state index in [1.165, 1.54) is 44.2 Å². The third-order valence-electron chi connectivity index (χ3n) is 6.48. The van der Waals surface area contributed by atoms with Crippen molar-refractivity contribution < 1.29 is 33.1 Å². The molecule has 9 nitrogen and oxygen atoms in total. The van der Waals surface area contributed by atoms with E-state index >= 15 is 0 Å². The number of benzene rings is 1. The molecule has 1 aromatic heterocycles. The lowest BCUT2D eigenvalue weighted by Crippen LogP contribution is -2.35. The average Bonchev–Trinajstić information content (AvgIpc) is 3.30. The number of unbranched alkanes of at least 4 members (excludes halogenated alkanes) is 6. The van der Waals surface area contributed by atoms with Gasteiger partial charge < -0.3 is 20.1 Å². The molecule has 0 saturated carbocycles. The Balaban J connectivity index is 0.000000358. The van der Waals surface area contributed by atoms with E-state index in [4.69, 9.17) is 20.1 Å². The fourth-order valence-corrected chi connectivity index (χ4v) is 4.37. The Bertz CT molecular complexity index is 1050. The molecule has 1 aromatic carbocycles. The predicted molar refractivity (Wildman–Crippen MR) is 142 cm³/mol. The Morgan fingerprint density at radius 2 is 1.82 bits per heavy atom. The molecule has 1 aliphatic heterocycles. The van der Waals surface area contributed by atoms with Crippen molar-refractivity contribution in [3.63, 3.8) is 0 Å². The maximum Gasteiger partial charge on any atom is 0.331 e. The molecule has 38 heavy (non-hydrogen) atoms. The first-order valence-electron chi connectivity index (χ1n) is 13.4. The van der Waals surface area contributed by atoms with Gasteiger partial charge in [0.15, 0.2) is 5.58 Å². The molecule has 0 aliphatic carbocycles. The molecule has 2 heterocycles. The van der Waals surface area contributed by atoms with Crippen LogP contribution in [0.25, 0.3) is 11.0 Å². The largest absolute Gasteiger partial charge is 0.478 e. The summed E-state index contributed by atoms with van der Waals surface area (Å²) in [6.07, 6.45) is 12.7. The smallest absolute Gasteiger partial charge is 0.331 e. The number of hydrogen-bond donors (Lipinski definition) is 2. The number of aromatic nitrogens is 1. The molecular formula is C28H40FN3O6. The van der Waals surface area contributed by atoms with Gasteiger partial charge >= 0.3 is 11.9 Å². The topological polar surface area (TPSA) is 136 Å². The quantitative estimate of drug-likeness (QED) is 0.198. The van der Waals surface area contributed by atoms with Crippen LogP contribution >= 0.6 is 0 Å². The van der Waals surface area contributed by atoms with Crippen molar-refractivity contribution >= 4 is 28.8 Å². The third-order valence-corrected chi connectivity index (χ3v) is 6.48. The van der Waals surface area contributed by atoms with Crippen LogP contribution in [0.4, 0.5) is 4.39 Å². The van der Waals surface area contributed by atoms with E-state index in [-0.39, 0.29) is 24.2 Å². The Labute approximate surface area is 223 Å². The SMILES string of the molecule is CCCCCCCCCC(N)=O.O=C(O)/C=C/C(=O)OCCN1CCC(c2noc3cc(F)ccc23)CC1. The van der Waals surface area contributed by atoms with Gasteiger partial charge in [-0.2, -0.15) is 0 Å². The fraction of sp³-hybridized carbons (Fsp3) is 0.571. The number of carboxylic acid groups (broad SMARTS) is 1. The molecule has 10 heteroatoms. The van der Waals surface area contributed by atoms with Crippen LogP contribution in [-0.4, -0.2) is 59.3 Å². The Morgan fingerprint density at radius 1 is 1.13 bits per heavy atom. The molecule has 2 aromatic rings. The Kier molecular flexibility index (Phi) is 14.1. The van der Waals surface area contributed by atoms with Crippen molar-refractivity contribution in [3.8, 4) is 0 Å². The number of carbonyl (C=O) groups excluding carboxylic acids is 2. The van der Waals surface area contributed by atoms with Crippen molar-refractivity contribution in [2.24, 2.45) is 5.73 Å². The monoisotopic (exact) mass is 533 g/mol. The van der Waals surface area contributed by atoms with Gasteiger partial charge in [-0.25, -0.2) is 14.0 Å². The fourth-order valence-electron chi connectivity index (χ4n) is 4.37. The number of fused-ring (bicyclic) bond motifs is 1. The number of esters is 1. The van der Waals surface area contributed by atoms with Crippen LogP contribution in [0, 0.1) is 5.82 Å². The van der Waals surface area contributed by atoms with E-state index in [0.29, 0.717) is 18.5 Å². The average molecular weight is 534 g/mol. The van der Waals surface area contributed by atoms with Crippen LogP contribution in [0.5, 0.6) is 0 Å². The van der Waals surface area contributed by atoms with Crippen molar-refractivity contribution in [1.82, 2.24) is 10.1 Å². The van der Waals surface area contributed by atoms with Gasteiger partial charge in [0.1, 0.15) is 12.4 Å². The number of aliphatic carboxylic acids is 1. The van der Waals surface area contributed by atoms with E-state index < -0.39 is 11.9 Å². The van der Waals surface area contributed by atoms with Crippen molar-refractivity contribution in [1.29, 1.82) is 0 Å². The normalized spacial score (nSPS) is 14.4. The summed E-state index contributed by atoms with van der Waals surface area (Å²) in [5.41, 5.74) is 6.34. The molecule has 0 radical (unpaired) electrons. The minimum absolute atomic E-state index is 0.163. The van der Waals surface area contributed by atoms with E-state index in [1.807, 2.05) is 0 Å². The van der Waals surface area contributed by atoms with Crippen LogP contribution in [0.15, 0.2) is 34.9 Å². The molecule has 0 unspecified atom stereocenters. The second kappa shape index (κ2) is 17.3. The van der Waals surface area contributed by atoms with Crippen molar-refractivity contribution in [2.75, 3.05) is 26.2 Å². The van der Waals surface area contributed by atoms with Gasteiger partial charge in [-0.15, -0.1) is 0 Å². The van der Waals surface area contributed by atoms with Gasteiger partial charge in [-0.3, -0.25) is 9.69 Å². The summed E-state index contributed by atoms with van der Waals surface area (Å²) in [6, 6.07) is 4.45. The van der Waals surface area contributed by atoms with Crippen LogP contribution in [0.3, 0.4) is 0 Å². The molecule has 1 saturated heterocycles. The van der Waals surface area contributed by atoms with Gasteiger partial charge in [-0.1, -0.05) is 50.6 Å². The predicted octanol–water partition coefficient (Wildman–Crippen LogP) is 4.94. The number of hydrogen-bond acceptors (Lipinski definition) is 7. The number of carbonyl (C=O) groups is 3. The minimum atomic E-state index is -1.19. The van der Waals surface area contributed by atoms with E-state index in [1.54, 1.807) is 6.07 Å². The maximum atomic E-state index is 13.2. The van der Waals surface area contributed by atoms with Gasteiger partial charge in [0.2, 0.25) is 5.91 Å². The zero-order valence-electron chi connectivity index (χ0n) is 22.2. The molecule has 1 aliphatic rings. The third kappa shape index (κ3) is 11.9. The maximum absolute atomic E-state index is 13.2. The van der Waals surface area contributed by atoms with Crippen LogP contribution < -0.4 is 5.73 Å². The second-order valence-corrected chi connectivity index (χ2v) is 9.50. The van der Waals surface area contributed by atoms with Crippen LogP contribution in [0.2, 0.25) is 0 Å². The van der Waals surface area contributed by atoms with Crippen molar-refractivity contribution in [3.05, 3.63) is 41.9 Å². The highest BCUT2D eigenvalue weighted by atomic mass is 19.1. The van der Waals surface area contributed by atoms with E-state index in [9.17, 15) is 18.8 Å². The van der Waals surface area contributed by atoms with Gasteiger partial charge in [0, 0.05) is 42.5 Å². The molecule has 1 amide bonds. The minimum Gasteiger partial charge on any atom is -0.478 e. The number of ether oxygens (including phenoxy) is 1. The summed E-state index contributed by atoms with van der Waals surface area (Å²) >= 11 is 0. The number of primary amides is 1. The zero-order valence-corrected chi connectivity index (χ0v) is 22.2. The number of nitrogens with zero attached hydrogens (tertiary/aromatic N) is 2. The Morgan fingerprint density at radius 3 is 2.47 bits per heavy atom. The summed E-state index contributed by atoms with van der Waals surface area (Å²) in [5.74, 6) is -2.11. The van der Waals surface area contributed by atoms with E-state index in [0.717, 1.165) is 62.0 Å². The molecule has 3 rings (SSSR count). The van der Waals surface area contributed by atoms with Crippen molar-refractivity contribution in [2.45, 2.75) is 77.0 Å². The lowest BCUT2D eigenvalue weighted by atomic mass is 9.91. The lowest BCUT2D eigenvalue weighted by Gasteiger charge is -2.30. The standard InChI is InChI=1S/C18H19FN2O5.C10H21NO/c19-13-1-2-14-15(11-13)26-20-18(14)12-5-7-21(8-6-12)9-10-25-17(24)4-3-16(22)23;1-2-3-4-5-6-7-8-9-10(11)12/h1-4,11-12H,5-10H2,(H,22,23);2-9H2,1H3,(H2,11,12)/b4-3+;.